The number of piperidine rings is 1. The van der Waals surface area contributed by atoms with Gasteiger partial charge in [-0.05, 0) is 49.2 Å². The molecule has 26 heavy (non-hydrogen) atoms. The number of nitriles is 1. The zero-order valence-corrected chi connectivity index (χ0v) is 14.4. The first-order chi connectivity index (χ1) is 12.6. The number of amides is 2. The van der Waals surface area contributed by atoms with Crippen LogP contribution in [0.2, 0.25) is 0 Å². The highest BCUT2D eigenvalue weighted by atomic mass is 16.2. The number of aromatic nitrogens is 1. The predicted octanol–water partition coefficient (Wildman–Crippen LogP) is 0.859. The largest absolute Gasteiger partial charge is 0.369 e. The Balaban J connectivity index is 1.86. The normalized spacial score (nSPS) is 16.7. The highest BCUT2D eigenvalue weighted by molar-refractivity contribution is 5.97. The molecule has 3 rings (SSSR count). The number of nitrogens with zero attached hydrogens (tertiary/aromatic N) is 2. The van der Waals surface area contributed by atoms with Gasteiger partial charge in [0, 0.05) is 30.7 Å². The van der Waals surface area contributed by atoms with Gasteiger partial charge in [0.25, 0.3) is 5.91 Å². The van der Waals surface area contributed by atoms with Gasteiger partial charge in [-0.15, -0.1) is 0 Å². The molecule has 0 bridgehead atoms. The van der Waals surface area contributed by atoms with Crippen molar-refractivity contribution in [3.8, 4) is 11.8 Å². The van der Waals surface area contributed by atoms with Crippen molar-refractivity contribution in [1.82, 2.24) is 15.2 Å². The third-order valence-electron chi connectivity index (χ3n) is 4.45. The van der Waals surface area contributed by atoms with Gasteiger partial charge in [-0.2, -0.15) is 5.26 Å². The van der Waals surface area contributed by atoms with E-state index < -0.39 is 5.91 Å². The van der Waals surface area contributed by atoms with E-state index in [0.29, 0.717) is 16.7 Å². The summed E-state index contributed by atoms with van der Waals surface area (Å²) in [6.07, 6.45) is 5.38. The van der Waals surface area contributed by atoms with Crippen LogP contribution in [0.4, 0.5) is 0 Å². The highest BCUT2D eigenvalue weighted by Gasteiger charge is 2.21. The Bertz CT molecular complexity index is 842. The molecular formula is C19H21N5O2. The van der Waals surface area contributed by atoms with Gasteiger partial charge in [-0.1, -0.05) is 0 Å². The third kappa shape index (κ3) is 4.10. The molecular weight excluding hydrogens is 330 g/mol. The maximum atomic E-state index is 12.7. The van der Waals surface area contributed by atoms with Gasteiger partial charge in [0.2, 0.25) is 5.91 Å². The number of hydrogen-bond acceptors (Lipinski definition) is 4. The van der Waals surface area contributed by atoms with E-state index in [2.05, 4.69) is 16.7 Å². The Kier molecular flexibility index (Phi) is 5.34. The first kappa shape index (κ1) is 17.7. The van der Waals surface area contributed by atoms with E-state index in [4.69, 9.17) is 11.0 Å². The summed E-state index contributed by atoms with van der Waals surface area (Å²) in [5.74, 6) is -0.696. The second kappa shape index (κ2) is 7.85. The van der Waals surface area contributed by atoms with E-state index in [9.17, 15) is 9.59 Å². The van der Waals surface area contributed by atoms with Crippen LogP contribution >= 0.6 is 0 Å². The van der Waals surface area contributed by atoms with Crippen molar-refractivity contribution < 1.29 is 9.59 Å². The van der Waals surface area contributed by atoms with Crippen molar-refractivity contribution in [1.29, 1.82) is 5.26 Å². The summed E-state index contributed by atoms with van der Waals surface area (Å²) in [6, 6.07) is 9.14. The highest BCUT2D eigenvalue weighted by Crippen LogP contribution is 2.18. The Hall–Kier alpha value is -3.11. The van der Waals surface area contributed by atoms with Crippen LogP contribution in [0, 0.1) is 11.3 Å². The van der Waals surface area contributed by atoms with Gasteiger partial charge in [0.1, 0.15) is 0 Å². The van der Waals surface area contributed by atoms with Crippen LogP contribution in [-0.2, 0) is 11.2 Å². The quantitative estimate of drug-likeness (QED) is 0.741. The molecule has 1 fully saturated rings. The maximum Gasteiger partial charge on any atom is 0.253 e. The summed E-state index contributed by atoms with van der Waals surface area (Å²) < 4.78 is 1.77. The van der Waals surface area contributed by atoms with E-state index in [-0.39, 0.29) is 18.4 Å². The van der Waals surface area contributed by atoms with Gasteiger partial charge in [0.05, 0.1) is 23.6 Å². The van der Waals surface area contributed by atoms with Crippen molar-refractivity contribution in [2.75, 3.05) is 13.1 Å². The standard InChI is InChI=1S/C19H21N5O2/c20-9-13-3-5-16(6-4-13)24-11-14(8-18(21)25)17(12-24)19(26)23-15-2-1-7-22-10-15/h3-6,11-12,15,22H,1-2,7-8,10H2,(H2,21,25)(H,23,26)/t15-/m0/s1. The number of benzene rings is 1. The molecule has 134 valence electrons. The minimum absolute atomic E-state index is 0.00501. The minimum Gasteiger partial charge on any atom is -0.369 e. The second-order valence-corrected chi connectivity index (χ2v) is 6.42. The molecule has 1 aliphatic rings. The monoisotopic (exact) mass is 351 g/mol. The molecule has 1 aromatic heterocycles. The number of hydrogen-bond donors (Lipinski definition) is 3. The summed E-state index contributed by atoms with van der Waals surface area (Å²) in [5.41, 5.74) is 7.72. The molecule has 2 amide bonds. The molecule has 1 aliphatic heterocycles. The number of rotatable bonds is 5. The maximum absolute atomic E-state index is 12.7. The van der Waals surface area contributed by atoms with E-state index in [1.165, 1.54) is 0 Å². The Morgan fingerprint density at radius 1 is 1.31 bits per heavy atom. The fraction of sp³-hybridized carbons (Fsp3) is 0.316. The molecule has 7 nitrogen and oxygen atoms in total. The van der Waals surface area contributed by atoms with Crippen LogP contribution in [0.5, 0.6) is 0 Å². The predicted molar refractivity (Wildman–Crippen MR) is 96.7 cm³/mol. The number of carbonyl (C=O) groups is 2. The first-order valence-electron chi connectivity index (χ1n) is 8.58. The zero-order chi connectivity index (χ0) is 18.5. The molecule has 0 saturated carbocycles. The fourth-order valence-electron chi connectivity index (χ4n) is 3.13. The van der Waals surface area contributed by atoms with Crippen molar-refractivity contribution in [2.45, 2.75) is 25.3 Å². The van der Waals surface area contributed by atoms with Crippen molar-refractivity contribution in [3.05, 3.63) is 53.3 Å². The summed E-state index contributed by atoms with van der Waals surface area (Å²) in [6.45, 7) is 1.71. The minimum atomic E-state index is -0.490. The van der Waals surface area contributed by atoms with Crippen molar-refractivity contribution >= 4 is 11.8 Å². The Labute approximate surface area is 151 Å². The van der Waals surface area contributed by atoms with Crippen LogP contribution < -0.4 is 16.4 Å². The zero-order valence-electron chi connectivity index (χ0n) is 14.4. The van der Waals surface area contributed by atoms with Crippen molar-refractivity contribution in [2.24, 2.45) is 5.73 Å². The molecule has 1 saturated heterocycles. The lowest BCUT2D eigenvalue weighted by atomic mass is 10.1. The van der Waals surface area contributed by atoms with Crippen molar-refractivity contribution in [3.63, 3.8) is 0 Å². The lowest BCUT2D eigenvalue weighted by Crippen LogP contribution is -2.45. The SMILES string of the molecule is N#Cc1ccc(-n2cc(CC(N)=O)c(C(=O)N[C@H]3CCCNC3)c2)cc1. The topological polar surface area (TPSA) is 113 Å². The van der Waals surface area contributed by atoms with Gasteiger partial charge >= 0.3 is 0 Å². The van der Waals surface area contributed by atoms with Gasteiger partial charge < -0.3 is 20.9 Å². The number of nitrogens with one attached hydrogen (secondary N) is 2. The molecule has 1 atom stereocenters. The molecule has 0 radical (unpaired) electrons. The smallest absolute Gasteiger partial charge is 0.253 e. The number of carbonyl (C=O) groups excluding carboxylic acids is 2. The lowest BCUT2D eigenvalue weighted by molar-refractivity contribution is -0.117. The summed E-state index contributed by atoms with van der Waals surface area (Å²) in [7, 11) is 0. The van der Waals surface area contributed by atoms with Gasteiger partial charge in [-0.25, -0.2) is 0 Å². The van der Waals surface area contributed by atoms with Crippen LogP contribution in [-0.4, -0.2) is 35.5 Å². The molecule has 7 heteroatoms. The Morgan fingerprint density at radius 3 is 2.69 bits per heavy atom. The number of primary amides is 1. The average molecular weight is 351 g/mol. The molecule has 2 heterocycles. The molecule has 4 N–H and O–H groups in total. The first-order valence-corrected chi connectivity index (χ1v) is 8.58. The van der Waals surface area contributed by atoms with Crippen LogP contribution in [0.15, 0.2) is 36.7 Å². The molecule has 1 aromatic carbocycles. The van der Waals surface area contributed by atoms with Crippen LogP contribution in [0.25, 0.3) is 5.69 Å². The summed E-state index contributed by atoms with van der Waals surface area (Å²) >= 11 is 0. The lowest BCUT2D eigenvalue weighted by Gasteiger charge is -2.23. The molecule has 0 unspecified atom stereocenters. The third-order valence-corrected chi connectivity index (χ3v) is 4.45. The van der Waals surface area contributed by atoms with Gasteiger partial charge in [0.15, 0.2) is 0 Å². The molecule has 2 aromatic rings. The summed E-state index contributed by atoms with van der Waals surface area (Å²) in [4.78, 5) is 24.1. The van der Waals surface area contributed by atoms with E-state index in [0.717, 1.165) is 31.6 Å². The Morgan fingerprint density at radius 2 is 2.08 bits per heavy atom. The van der Waals surface area contributed by atoms with E-state index in [1.807, 2.05) is 0 Å². The number of nitrogens with two attached hydrogens (primary N) is 1. The molecule has 0 spiro atoms. The molecule has 0 aliphatic carbocycles. The van der Waals surface area contributed by atoms with Crippen LogP contribution in [0.1, 0.15) is 34.3 Å². The average Bonchev–Trinajstić information content (AvgIpc) is 3.06. The van der Waals surface area contributed by atoms with E-state index in [1.54, 1.807) is 41.2 Å². The summed E-state index contributed by atoms with van der Waals surface area (Å²) in [5, 5.41) is 15.2. The van der Waals surface area contributed by atoms with Crippen LogP contribution in [0.3, 0.4) is 0 Å². The fourth-order valence-corrected chi connectivity index (χ4v) is 3.13. The van der Waals surface area contributed by atoms with Gasteiger partial charge in [-0.3, -0.25) is 9.59 Å². The second-order valence-electron chi connectivity index (χ2n) is 6.42. The van der Waals surface area contributed by atoms with E-state index >= 15 is 0 Å².